The van der Waals surface area contributed by atoms with Crippen molar-refractivity contribution in [3.8, 4) is 67.1 Å². The molecule has 0 radical (unpaired) electrons. The summed E-state index contributed by atoms with van der Waals surface area (Å²) < 4.78 is 184. The number of rotatable bonds is 8. The first-order valence-electron chi connectivity index (χ1n) is 42.1. The molecule has 0 saturated carbocycles. The third-order valence-electron chi connectivity index (χ3n) is 20.3. The van der Waals surface area contributed by atoms with Crippen molar-refractivity contribution in [2.75, 3.05) is 14.7 Å². The van der Waals surface area contributed by atoms with Crippen molar-refractivity contribution in [2.24, 2.45) is 0 Å². The van der Waals surface area contributed by atoms with Crippen molar-refractivity contribution in [2.45, 2.75) is 52.4 Å². The van der Waals surface area contributed by atoms with Crippen molar-refractivity contribution in [1.82, 2.24) is 0 Å². The summed E-state index contributed by atoms with van der Waals surface area (Å²) in [6.07, 6.45) is 0. The van der Waals surface area contributed by atoms with E-state index in [2.05, 4.69) is 88.9 Å². The van der Waals surface area contributed by atoms with E-state index in [1.165, 1.54) is 0 Å². The van der Waals surface area contributed by atoms with Gasteiger partial charge in [0.2, 0.25) is 0 Å². The van der Waals surface area contributed by atoms with Crippen LogP contribution >= 0.6 is 11.3 Å². The minimum absolute atomic E-state index is 0.00294. The SMILES string of the molecule is [2H]c1cc2c3c(c1[2H])[Se]c1c([2H])c([2H])c([2H])c4c1B3c1c(c3c(c([2H])c1N2c1c(-c2ccccc2)c([2H])c([2H])c([2H])c1-c1ccccc1)N(c1cccc2sc5ccccc5c12)c1cc(C(C)(C)C)cc2c1B3c1c([2H])c([2H])c(-c3c([2H])c([2H])c([2H])c([2H])c3[2H])c([2H])c1N2c1c(-c2ccccc2)cc(C(C)(C)C)cc1-c1ccccc1)O4. The normalized spacial score (nSPS) is 16.0. The molecule has 0 amide bonds. The summed E-state index contributed by atoms with van der Waals surface area (Å²) in [4.78, 5) is 5.92. The van der Waals surface area contributed by atoms with E-state index in [1.54, 1.807) is 17.4 Å². The van der Waals surface area contributed by atoms with E-state index in [0.717, 1.165) is 42.4 Å². The molecule has 8 heteroatoms. The first-order valence-corrected chi connectivity index (χ1v) is 36.1. The molecule has 15 aromatic rings. The molecule has 0 aliphatic carbocycles. The average molecular weight is 1380 g/mol. The van der Waals surface area contributed by atoms with Gasteiger partial charge in [0.15, 0.2) is 0 Å². The van der Waals surface area contributed by atoms with Crippen LogP contribution in [0.15, 0.2) is 297 Å². The molecule has 5 aliphatic rings. The van der Waals surface area contributed by atoms with Gasteiger partial charge in [0.25, 0.3) is 0 Å². The Bertz CT molecular complexity index is 6830. The fraction of sp³-hybridized carbons (Fsp3) is 0.0870. The zero-order chi connectivity index (χ0) is 81.7. The van der Waals surface area contributed by atoms with E-state index >= 15 is 0 Å². The van der Waals surface area contributed by atoms with Gasteiger partial charge in [-0.3, -0.25) is 0 Å². The van der Waals surface area contributed by atoms with Crippen molar-refractivity contribution < 1.29 is 28.0 Å². The number of thiophene rings is 1. The van der Waals surface area contributed by atoms with Gasteiger partial charge >= 0.3 is 431 Å². The summed E-state index contributed by atoms with van der Waals surface area (Å²) in [6.45, 7) is 10.1. The molecular formula is C92H67B2N3OSSe. The van der Waals surface area contributed by atoms with Gasteiger partial charge in [0, 0.05) is 0 Å². The summed E-state index contributed by atoms with van der Waals surface area (Å²) in [5.41, 5.74) is 8.50. The average Bonchev–Trinajstić information content (AvgIpc) is 0.814. The topological polar surface area (TPSA) is 19.0 Å². The van der Waals surface area contributed by atoms with Crippen molar-refractivity contribution in [3.63, 3.8) is 0 Å². The zero-order valence-corrected chi connectivity index (χ0v) is 57.7. The van der Waals surface area contributed by atoms with E-state index < -0.39 is 111 Å². The quantitative estimate of drug-likeness (QED) is 0.141. The van der Waals surface area contributed by atoms with E-state index in [1.807, 2.05) is 155 Å². The molecule has 14 aromatic carbocycles. The van der Waals surface area contributed by atoms with Crippen molar-refractivity contribution in [3.05, 3.63) is 308 Å². The standard InChI is InChI=1S/C92H67B2N3OSSe/c1-91(2,3)62-51-67(59-34-18-10-19-35-59)89(68(52-62)60-36-20-11-21-37-60)97-72-50-61(56-28-12-7-13-29-56)48-49-69(72)93-83-73(53-63(54-74(83)97)92(4,5)6)95(70-41-25-45-79-82(70)66-38-22-23-44-78(66)99-79)75-55-76-86-90(85(75)93)98-77-43-27-47-81-87(77)94(86)84-71(42-26-46-80(84)100-81)96(76)88-64(57-30-14-8-15-31-57)39-24-40-65(88)58-32-16-9-17-33-58/h7-55H,1-6H3/i7D,12D,13D,24D,26D,27D,28D,29D,39D,40D,43D,46D,47D,48D,49D,50D,55D. The first kappa shape index (κ1) is 44.2. The van der Waals surface area contributed by atoms with Gasteiger partial charge in [0.05, 0.1) is 6.85 Å². The van der Waals surface area contributed by atoms with Crippen LogP contribution in [0.5, 0.6) is 11.5 Å². The predicted molar refractivity (Wildman–Crippen MR) is 429 cm³/mol. The van der Waals surface area contributed by atoms with E-state index in [-0.39, 0.29) is 104 Å². The molecule has 0 fully saturated rings. The number of fused-ring (bicyclic) bond motifs is 8. The number of hydrogen-bond acceptors (Lipinski definition) is 5. The monoisotopic (exact) mass is 1380 g/mol. The Balaban J connectivity index is 1.06. The summed E-state index contributed by atoms with van der Waals surface area (Å²) in [6, 6.07) is 54.5. The fourth-order valence-electron chi connectivity index (χ4n) is 15.7. The van der Waals surface area contributed by atoms with Gasteiger partial charge in [-0.25, -0.2) is 0 Å². The number of hydrogen-bond donors (Lipinski definition) is 0. The van der Waals surface area contributed by atoms with Gasteiger partial charge in [-0.05, 0) is 40.3 Å². The maximum absolute atomic E-state index is 12.3. The van der Waals surface area contributed by atoms with Crippen LogP contribution < -0.4 is 61.1 Å². The molecule has 0 unspecified atom stereocenters. The summed E-state index contributed by atoms with van der Waals surface area (Å²) in [5, 5.41) is 1.68. The van der Waals surface area contributed by atoms with Gasteiger partial charge in [-0.1, -0.05) is 145 Å². The molecule has 4 nitrogen and oxygen atoms in total. The Morgan fingerprint density at radius 3 is 1.57 bits per heavy atom. The number of nitrogens with zero attached hydrogens (tertiary/aromatic N) is 3. The molecular weight excluding hydrogens is 1300 g/mol. The van der Waals surface area contributed by atoms with Crippen LogP contribution in [0.25, 0.3) is 75.8 Å². The Morgan fingerprint density at radius 2 is 0.910 bits per heavy atom. The van der Waals surface area contributed by atoms with Gasteiger partial charge in [0.1, 0.15) is 0 Å². The maximum atomic E-state index is 12.3. The van der Waals surface area contributed by atoms with Gasteiger partial charge < -0.3 is 0 Å². The number of benzene rings is 14. The Morgan fingerprint density at radius 1 is 0.370 bits per heavy atom. The number of para-hydroxylation sites is 1. The third kappa shape index (κ3) is 8.93. The second kappa shape index (κ2) is 22.3. The molecule has 1 aromatic heterocycles. The summed E-state index contributed by atoms with van der Waals surface area (Å²) >= 11 is 0.548. The van der Waals surface area contributed by atoms with Crippen LogP contribution in [0.4, 0.5) is 51.2 Å². The fourth-order valence-corrected chi connectivity index (χ4v) is 19.1. The van der Waals surface area contributed by atoms with Crippen LogP contribution in [0, 0.1) is 0 Å². The molecule has 6 heterocycles. The van der Waals surface area contributed by atoms with Crippen LogP contribution in [-0.2, 0) is 10.8 Å². The Labute approximate surface area is 619 Å². The predicted octanol–water partition coefficient (Wildman–Crippen LogP) is 19.4. The Kier molecular flexibility index (Phi) is 9.88. The molecule has 0 bridgehead atoms. The van der Waals surface area contributed by atoms with Crippen LogP contribution in [-0.4, -0.2) is 28.4 Å². The zero-order valence-electron chi connectivity index (χ0n) is 72.2. The van der Waals surface area contributed by atoms with E-state index in [4.69, 9.17) is 6.11 Å². The van der Waals surface area contributed by atoms with E-state index in [9.17, 15) is 21.9 Å². The molecule has 100 heavy (non-hydrogen) atoms. The Hall–Kier alpha value is -10.9. The molecule has 0 N–H and O–H groups in total. The first-order chi connectivity index (χ1) is 56.0. The van der Waals surface area contributed by atoms with Crippen molar-refractivity contribution >= 4 is 153 Å². The second-order valence-electron chi connectivity index (χ2n) is 28.1. The molecule has 20 rings (SSSR count). The second-order valence-corrected chi connectivity index (χ2v) is 31.3. The third-order valence-corrected chi connectivity index (χ3v) is 23.6. The van der Waals surface area contributed by atoms with Gasteiger partial charge in [-0.15, -0.1) is 0 Å². The van der Waals surface area contributed by atoms with Crippen LogP contribution in [0.2, 0.25) is 0 Å². The van der Waals surface area contributed by atoms with Crippen LogP contribution in [0.1, 0.15) is 76.0 Å². The summed E-state index contributed by atoms with van der Waals surface area (Å²) in [7, 11) is 0. The number of anilines is 9. The minimum atomic E-state index is -1.43. The molecule has 0 atom stereocenters. The molecule has 5 aliphatic heterocycles. The van der Waals surface area contributed by atoms with Crippen LogP contribution in [0.3, 0.4) is 0 Å². The van der Waals surface area contributed by atoms with Crippen molar-refractivity contribution in [1.29, 1.82) is 0 Å². The van der Waals surface area contributed by atoms with E-state index in [0.29, 0.717) is 76.0 Å². The molecule has 474 valence electrons. The number of ether oxygens (including phenoxy) is 1. The molecule has 0 spiro atoms. The molecule has 0 saturated heterocycles. The van der Waals surface area contributed by atoms with Gasteiger partial charge in [-0.2, -0.15) is 0 Å². The summed E-state index contributed by atoms with van der Waals surface area (Å²) in [5.74, 6) is -0.0596.